The molecule has 2 aromatic carbocycles. The van der Waals surface area contributed by atoms with Crippen molar-refractivity contribution in [1.82, 2.24) is 14.5 Å². The number of methoxy groups -OCH3 is 1. The lowest BCUT2D eigenvalue weighted by Gasteiger charge is -2.15. The van der Waals surface area contributed by atoms with Crippen molar-refractivity contribution < 1.29 is 13.2 Å². The van der Waals surface area contributed by atoms with Crippen LogP contribution in [0.2, 0.25) is 0 Å². The Kier molecular flexibility index (Phi) is 5.05. The first-order valence-electron chi connectivity index (χ1n) is 9.37. The van der Waals surface area contributed by atoms with E-state index in [1.54, 1.807) is 25.4 Å². The maximum absolute atomic E-state index is 11.7. The van der Waals surface area contributed by atoms with Crippen molar-refractivity contribution in [2.24, 2.45) is 5.14 Å². The summed E-state index contributed by atoms with van der Waals surface area (Å²) < 4.78 is 31.0. The Balaban J connectivity index is 1.91. The van der Waals surface area contributed by atoms with Crippen molar-refractivity contribution in [2.75, 3.05) is 7.11 Å². The highest BCUT2D eigenvalue weighted by atomic mass is 32.2. The normalized spacial score (nSPS) is 11.7. The maximum atomic E-state index is 11.7. The summed E-state index contributed by atoms with van der Waals surface area (Å²) in [6.45, 7) is 4.33. The highest BCUT2D eigenvalue weighted by Gasteiger charge is 2.19. The average Bonchev–Trinajstić information content (AvgIpc) is 3.03. The minimum absolute atomic E-state index is 0.104. The number of hydrogen-bond acceptors (Lipinski definition) is 5. The van der Waals surface area contributed by atoms with Crippen molar-refractivity contribution in [2.45, 2.75) is 25.3 Å². The van der Waals surface area contributed by atoms with Crippen LogP contribution in [0.15, 0.2) is 59.6 Å². The van der Waals surface area contributed by atoms with Gasteiger partial charge in [-0.2, -0.15) is 0 Å². The van der Waals surface area contributed by atoms with Crippen LogP contribution in [0.5, 0.6) is 5.88 Å². The van der Waals surface area contributed by atoms with Gasteiger partial charge in [-0.25, -0.2) is 23.5 Å². The standard InChI is InChI=1S/C22H22N4O3S/c1-14-11-18(30(23,27)28)10-9-17(14)13-26-15(2)25-19-12-24-22(29-3)20(21(19)26)16-7-5-4-6-8-16/h4-12H,13H2,1-3H3,(H2,23,27,28). The Morgan fingerprint density at radius 2 is 1.83 bits per heavy atom. The second-order valence-corrected chi connectivity index (χ2v) is 8.68. The number of primary sulfonamides is 1. The first-order valence-corrected chi connectivity index (χ1v) is 10.9. The summed E-state index contributed by atoms with van der Waals surface area (Å²) in [6, 6.07) is 14.8. The molecule has 4 rings (SSSR count). The van der Waals surface area contributed by atoms with E-state index < -0.39 is 10.0 Å². The fourth-order valence-electron chi connectivity index (χ4n) is 3.63. The lowest BCUT2D eigenvalue weighted by Crippen LogP contribution is -2.13. The van der Waals surface area contributed by atoms with Crippen LogP contribution in [-0.2, 0) is 16.6 Å². The third kappa shape index (κ3) is 3.55. The van der Waals surface area contributed by atoms with E-state index in [9.17, 15) is 8.42 Å². The van der Waals surface area contributed by atoms with Gasteiger partial charge in [0.05, 0.1) is 29.3 Å². The number of sulfonamides is 1. The summed E-state index contributed by atoms with van der Waals surface area (Å²) in [5.74, 6) is 1.35. The van der Waals surface area contributed by atoms with Crippen LogP contribution in [0.25, 0.3) is 22.2 Å². The molecule has 0 amide bonds. The second kappa shape index (κ2) is 7.55. The molecule has 0 atom stereocenters. The number of nitrogens with zero attached hydrogens (tertiary/aromatic N) is 3. The number of fused-ring (bicyclic) bond motifs is 1. The van der Waals surface area contributed by atoms with Gasteiger partial charge in [-0.3, -0.25) is 0 Å². The number of benzene rings is 2. The van der Waals surface area contributed by atoms with E-state index in [2.05, 4.69) is 14.5 Å². The molecule has 2 aromatic heterocycles. The van der Waals surface area contributed by atoms with Crippen molar-refractivity contribution >= 4 is 21.1 Å². The summed E-state index contributed by atoms with van der Waals surface area (Å²) in [5.41, 5.74) is 5.35. The molecule has 0 saturated heterocycles. The van der Waals surface area contributed by atoms with Gasteiger partial charge >= 0.3 is 0 Å². The van der Waals surface area contributed by atoms with Gasteiger partial charge in [0.25, 0.3) is 0 Å². The molecule has 8 heteroatoms. The molecular formula is C22H22N4O3S. The minimum atomic E-state index is -3.74. The Hall–Kier alpha value is -3.23. The first kappa shape index (κ1) is 20.1. The monoisotopic (exact) mass is 422 g/mol. The summed E-state index contributed by atoms with van der Waals surface area (Å²) in [6.07, 6.45) is 1.71. The quantitative estimate of drug-likeness (QED) is 0.531. The molecule has 0 aliphatic carbocycles. The molecule has 0 unspecified atom stereocenters. The third-order valence-electron chi connectivity index (χ3n) is 5.17. The average molecular weight is 423 g/mol. The van der Waals surface area contributed by atoms with Crippen LogP contribution in [0.4, 0.5) is 0 Å². The topological polar surface area (TPSA) is 100 Å². The van der Waals surface area contributed by atoms with Crippen LogP contribution in [-0.4, -0.2) is 30.1 Å². The van der Waals surface area contributed by atoms with Crippen LogP contribution >= 0.6 is 0 Å². The smallest absolute Gasteiger partial charge is 0.238 e. The molecule has 0 spiro atoms. The van der Waals surface area contributed by atoms with Crippen molar-refractivity contribution in [1.29, 1.82) is 0 Å². The molecule has 0 radical (unpaired) electrons. The van der Waals surface area contributed by atoms with Crippen molar-refractivity contribution in [3.05, 3.63) is 71.7 Å². The number of aromatic nitrogens is 3. The molecule has 0 bridgehead atoms. The summed E-state index contributed by atoms with van der Waals surface area (Å²) in [7, 11) is -2.14. The van der Waals surface area contributed by atoms with Gasteiger partial charge in [0.1, 0.15) is 11.3 Å². The van der Waals surface area contributed by atoms with Crippen LogP contribution in [0, 0.1) is 13.8 Å². The lowest BCUT2D eigenvalue weighted by molar-refractivity contribution is 0.400. The van der Waals surface area contributed by atoms with Gasteiger partial charge in [0.2, 0.25) is 15.9 Å². The summed E-state index contributed by atoms with van der Waals surface area (Å²) in [4.78, 5) is 9.23. The number of ether oxygens (including phenoxy) is 1. The zero-order valence-corrected chi connectivity index (χ0v) is 17.8. The molecule has 0 saturated carbocycles. The summed E-state index contributed by atoms with van der Waals surface area (Å²) in [5, 5.41) is 5.26. The fraction of sp³-hybridized carbons (Fsp3) is 0.182. The number of rotatable bonds is 5. The summed E-state index contributed by atoms with van der Waals surface area (Å²) >= 11 is 0. The Morgan fingerprint density at radius 3 is 2.47 bits per heavy atom. The molecule has 154 valence electrons. The predicted molar refractivity (Wildman–Crippen MR) is 116 cm³/mol. The molecule has 0 aliphatic heterocycles. The first-order chi connectivity index (χ1) is 14.3. The van der Waals surface area contributed by atoms with Gasteiger partial charge in [-0.1, -0.05) is 36.4 Å². The Morgan fingerprint density at radius 1 is 1.10 bits per heavy atom. The molecule has 0 aliphatic rings. The number of nitrogens with two attached hydrogens (primary N) is 1. The van der Waals surface area contributed by atoms with E-state index in [0.29, 0.717) is 12.4 Å². The number of hydrogen-bond donors (Lipinski definition) is 1. The van der Waals surface area contributed by atoms with Crippen molar-refractivity contribution in [3.63, 3.8) is 0 Å². The fourth-order valence-corrected chi connectivity index (χ4v) is 4.23. The van der Waals surface area contributed by atoms with E-state index in [0.717, 1.165) is 39.1 Å². The molecule has 2 heterocycles. The van der Waals surface area contributed by atoms with Gasteiger partial charge in [0.15, 0.2) is 0 Å². The van der Waals surface area contributed by atoms with Crippen LogP contribution in [0.3, 0.4) is 0 Å². The molecular weight excluding hydrogens is 400 g/mol. The third-order valence-corrected chi connectivity index (χ3v) is 6.08. The van der Waals surface area contributed by atoms with Crippen LogP contribution < -0.4 is 9.88 Å². The second-order valence-electron chi connectivity index (χ2n) is 7.12. The zero-order valence-electron chi connectivity index (χ0n) is 17.0. The lowest BCUT2D eigenvalue weighted by atomic mass is 10.0. The van der Waals surface area contributed by atoms with Gasteiger partial charge in [-0.05, 0) is 42.7 Å². The Labute approximate surface area is 175 Å². The largest absolute Gasteiger partial charge is 0.480 e. The Bertz CT molecular complexity index is 1350. The van der Waals surface area contributed by atoms with Crippen molar-refractivity contribution in [3.8, 4) is 17.0 Å². The SMILES string of the molecule is COc1ncc2nc(C)n(Cc3ccc(S(N)(=O)=O)cc3C)c2c1-c1ccccc1. The van der Waals surface area contributed by atoms with Gasteiger partial charge in [-0.15, -0.1) is 0 Å². The molecule has 30 heavy (non-hydrogen) atoms. The molecule has 0 fully saturated rings. The zero-order chi connectivity index (χ0) is 21.5. The van der Waals surface area contributed by atoms with E-state index in [1.165, 1.54) is 6.07 Å². The highest BCUT2D eigenvalue weighted by molar-refractivity contribution is 7.89. The highest BCUT2D eigenvalue weighted by Crippen LogP contribution is 2.36. The number of imidazole rings is 1. The van der Waals surface area contributed by atoms with Gasteiger partial charge < -0.3 is 9.30 Å². The minimum Gasteiger partial charge on any atom is -0.480 e. The van der Waals surface area contributed by atoms with E-state index >= 15 is 0 Å². The maximum Gasteiger partial charge on any atom is 0.238 e. The number of aryl methyl sites for hydroxylation is 2. The van der Waals surface area contributed by atoms with E-state index in [4.69, 9.17) is 9.88 Å². The molecule has 4 aromatic rings. The predicted octanol–water partition coefficient (Wildman–Crippen LogP) is 3.42. The van der Waals surface area contributed by atoms with E-state index in [-0.39, 0.29) is 4.90 Å². The molecule has 2 N–H and O–H groups in total. The number of pyridine rings is 1. The van der Waals surface area contributed by atoms with E-state index in [1.807, 2.05) is 44.2 Å². The van der Waals surface area contributed by atoms with Crippen LogP contribution in [0.1, 0.15) is 17.0 Å². The molecule has 7 nitrogen and oxygen atoms in total. The van der Waals surface area contributed by atoms with Gasteiger partial charge in [0, 0.05) is 6.54 Å².